The lowest BCUT2D eigenvalue weighted by atomic mass is 9.78. The molecule has 4 heterocycles. The zero-order valence-electron chi connectivity index (χ0n) is 59.5. The molecule has 1 aromatic heterocycles. The summed E-state index contributed by atoms with van der Waals surface area (Å²) < 4.78 is 17.5. The number of hydrogen-bond donors (Lipinski definition) is 1. The molecule has 0 amide bonds. The van der Waals surface area contributed by atoms with Gasteiger partial charge in [-0.05, 0) is 171 Å². The molecule has 4 nitrogen and oxygen atoms in total. The number of H-pyrrole nitrogens is 1. The van der Waals surface area contributed by atoms with Crippen LogP contribution in [0.4, 0.5) is 0 Å². The number of aromatic nitrogens is 1. The van der Waals surface area contributed by atoms with Crippen molar-refractivity contribution in [3.8, 4) is 0 Å². The Labute approximate surface area is 506 Å². The molecule has 1 aromatic rings. The molecule has 2 saturated heterocycles. The average Bonchev–Trinajstić information content (AvgIpc) is 4.37. The second-order valence-electron chi connectivity index (χ2n) is 36.5. The van der Waals surface area contributed by atoms with Gasteiger partial charge in [0.15, 0.2) is 0 Å². The predicted octanol–water partition coefficient (Wildman–Crippen LogP) is 23.8. The Kier molecular flexibility index (Phi) is 19.7. The number of nitrogens with one attached hydrogen (secondary N) is 1. The van der Waals surface area contributed by atoms with Gasteiger partial charge < -0.3 is 19.2 Å². The fourth-order valence-electron chi connectivity index (χ4n) is 14.6. The standard InChI is InChI=1S/C17H28.C16H26O.C16H26.C15H24O.C14H23NO/c1-16(2,3)14-11-15(17(4,5)6)13-10-8-7-9-12(13)14;1-15(2,3)12-10-13(16(4,5)6)14-11(12)8-7-9-17-14;1-15(2,3)13-10-14(16(4,5)6)12-9-7-8-11(12)13;1-14(2,3)11-9-12(15(4,5)6)13-10(11)7-8-16-13;1-13(2,3)11-9-7-16-8-10(9)12(15-11)14(4,5)6/h7-11H2,1-6H3;7-10H2,1-6H3;7-10H2,1-6H3;7-9H2,1-6H3;15H,7-8H2,1-6H3. The number of allylic oxidation sites excluding steroid dienone is 14. The molecule has 0 radical (unpaired) electrons. The van der Waals surface area contributed by atoms with Gasteiger partial charge in [0.2, 0.25) is 0 Å². The SMILES string of the molecule is CC(C)(C)C1=C2CCCC2=C(C(C)(C)C)C1.CC(C)(C)C1=C2CCCCC2=C(C(C)(C)C)C1.CC(C)(C)C1=C2CCCOC2=C(C(C)(C)C)C1.CC(C)(C)C1=C2CCOC2=C(C(C)(C)C)C1.CC(C)(C)c1[nH]c(C(C)(C)C)c2c1COC2. The highest BCUT2D eigenvalue weighted by molar-refractivity contribution is 5.55. The van der Waals surface area contributed by atoms with Crippen LogP contribution in [-0.4, -0.2) is 18.2 Å². The molecule has 0 spiro atoms. The molecule has 0 atom stereocenters. The van der Waals surface area contributed by atoms with Gasteiger partial charge in [0.1, 0.15) is 11.5 Å². The van der Waals surface area contributed by atoms with E-state index in [2.05, 4.69) is 213 Å². The summed E-state index contributed by atoms with van der Waals surface area (Å²) in [4.78, 5) is 3.65. The van der Waals surface area contributed by atoms with E-state index in [0.717, 1.165) is 45.7 Å². The van der Waals surface area contributed by atoms with Crippen molar-refractivity contribution in [2.45, 2.75) is 322 Å². The quantitative estimate of drug-likeness (QED) is 0.282. The summed E-state index contributed by atoms with van der Waals surface area (Å²) >= 11 is 0. The van der Waals surface area contributed by atoms with Gasteiger partial charge in [0, 0.05) is 39.8 Å². The second kappa shape index (κ2) is 23.8. The minimum Gasteiger partial charge on any atom is -0.493 e. The molecule has 6 aliphatic carbocycles. The number of rotatable bonds is 0. The number of fused-ring (bicyclic) bond motifs is 5. The van der Waals surface area contributed by atoms with Gasteiger partial charge in [-0.2, -0.15) is 0 Å². The van der Waals surface area contributed by atoms with Gasteiger partial charge in [0.05, 0.1) is 26.4 Å². The van der Waals surface area contributed by atoms with Crippen LogP contribution in [0.5, 0.6) is 0 Å². The van der Waals surface area contributed by atoms with E-state index in [1.165, 1.54) is 127 Å². The lowest BCUT2D eigenvalue weighted by molar-refractivity contribution is 0.132. The Bertz CT molecular complexity index is 2460. The Morgan fingerprint density at radius 3 is 0.817 bits per heavy atom. The molecule has 4 heteroatoms. The smallest absolute Gasteiger partial charge is 0.122 e. The van der Waals surface area contributed by atoms with Crippen LogP contribution >= 0.6 is 0 Å². The molecule has 0 aromatic carbocycles. The summed E-state index contributed by atoms with van der Waals surface area (Å²) in [7, 11) is 0. The predicted molar refractivity (Wildman–Crippen MR) is 355 cm³/mol. The van der Waals surface area contributed by atoms with E-state index in [9.17, 15) is 0 Å². The molecule has 4 fully saturated rings. The Balaban J connectivity index is 0.000000165. The van der Waals surface area contributed by atoms with Crippen LogP contribution in [0.15, 0.2) is 89.5 Å². The Morgan fingerprint density at radius 1 is 0.256 bits per heavy atom. The zero-order valence-corrected chi connectivity index (χ0v) is 59.5. The highest BCUT2D eigenvalue weighted by Crippen LogP contribution is 2.56. The molecule has 9 aliphatic rings. The van der Waals surface area contributed by atoms with E-state index < -0.39 is 0 Å². The van der Waals surface area contributed by atoms with Gasteiger partial charge >= 0.3 is 0 Å². The van der Waals surface area contributed by atoms with Crippen molar-refractivity contribution in [2.24, 2.45) is 43.3 Å². The Morgan fingerprint density at radius 2 is 0.512 bits per heavy atom. The van der Waals surface area contributed by atoms with E-state index in [0.29, 0.717) is 21.7 Å². The summed E-state index contributed by atoms with van der Waals surface area (Å²) in [5.41, 5.74) is 31.4. The molecular formula is C78H127NO3. The van der Waals surface area contributed by atoms with Gasteiger partial charge in [0.25, 0.3) is 0 Å². The largest absolute Gasteiger partial charge is 0.493 e. The van der Waals surface area contributed by atoms with Gasteiger partial charge in [-0.15, -0.1) is 0 Å². The van der Waals surface area contributed by atoms with Crippen LogP contribution in [0.2, 0.25) is 0 Å². The van der Waals surface area contributed by atoms with E-state index >= 15 is 0 Å². The normalized spacial score (nSPS) is 20.9. The van der Waals surface area contributed by atoms with E-state index in [1.54, 1.807) is 55.7 Å². The summed E-state index contributed by atoms with van der Waals surface area (Å²) in [5, 5.41) is 0. The fraction of sp³-hybridized carbons (Fsp3) is 0.744. The molecule has 0 bridgehead atoms. The minimum atomic E-state index is 0.168. The zero-order chi connectivity index (χ0) is 62.1. The van der Waals surface area contributed by atoms with Crippen molar-refractivity contribution < 1.29 is 14.2 Å². The van der Waals surface area contributed by atoms with Gasteiger partial charge in [-0.3, -0.25) is 0 Å². The molecule has 2 saturated carbocycles. The first-order valence-corrected chi connectivity index (χ1v) is 33.0. The van der Waals surface area contributed by atoms with Crippen LogP contribution in [0, 0.1) is 43.3 Å². The summed E-state index contributed by atoms with van der Waals surface area (Å²) in [6, 6.07) is 0. The maximum Gasteiger partial charge on any atom is 0.122 e. The molecule has 1 N–H and O–H groups in total. The van der Waals surface area contributed by atoms with Gasteiger partial charge in [-0.1, -0.05) is 241 Å². The monoisotopic (exact) mass is 1130 g/mol. The van der Waals surface area contributed by atoms with Crippen molar-refractivity contribution >= 4 is 0 Å². The van der Waals surface area contributed by atoms with Crippen LogP contribution < -0.4 is 0 Å². The highest BCUT2D eigenvalue weighted by Gasteiger charge is 2.42. The van der Waals surface area contributed by atoms with E-state index in [-0.39, 0.29) is 32.5 Å². The third-order valence-corrected chi connectivity index (χ3v) is 19.3. The van der Waals surface area contributed by atoms with Crippen molar-refractivity contribution in [1.29, 1.82) is 0 Å². The van der Waals surface area contributed by atoms with E-state index in [4.69, 9.17) is 14.2 Å². The average molecular weight is 1130 g/mol. The van der Waals surface area contributed by atoms with Gasteiger partial charge in [-0.25, -0.2) is 0 Å². The van der Waals surface area contributed by atoms with Crippen LogP contribution in [0.25, 0.3) is 0 Å². The van der Waals surface area contributed by atoms with Crippen LogP contribution in [0.1, 0.15) is 320 Å². The third kappa shape index (κ3) is 15.5. The van der Waals surface area contributed by atoms with Crippen molar-refractivity contribution in [2.75, 3.05) is 13.2 Å². The minimum absolute atomic E-state index is 0.168. The molecule has 3 aliphatic heterocycles. The maximum atomic E-state index is 5.99. The van der Waals surface area contributed by atoms with Crippen molar-refractivity contribution in [3.63, 3.8) is 0 Å². The lowest BCUT2D eigenvalue weighted by Crippen LogP contribution is -2.17. The first-order chi connectivity index (χ1) is 37.1. The first-order valence-electron chi connectivity index (χ1n) is 33.0. The highest BCUT2D eigenvalue weighted by atomic mass is 16.5. The second-order valence-corrected chi connectivity index (χ2v) is 36.5. The topological polar surface area (TPSA) is 43.5 Å². The maximum absolute atomic E-state index is 5.99. The number of hydrogen-bond acceptors (Lipinski definition) is 3. The Hall–Kier alpha value is -3.24. The van der Waals surface area contributed by atoms with Crippen LogP contribution in [-0.2, 0) is 38.3 Å². The van der Waals surface area contributed by atoms with E-state index in [1.807, 2.05) is 0 Å². The summed E-state index contributed by atoms with van der Waals surface area (Å²) in [5.74, 6) is 2.48. The molecule has 0 unspecified atom stereocenters. The summed E-state index contributed by atoms with van der Waals surface area (Å²) in [6.07, 6.45) is 17.8. The third-order valence-electron chi connectivity index (χ3n) is 19.3. The number of aromatic amines is 1. The van der Waals surface area contributed by atoms with Crippen LogP contribution in [0.3, 0.4) is 0 Å². The van der Waals surface area contributed by atoms with Crippen molar-refractivity contribution in [3.05, 3.63) is 112 Å². The lowest BCUT2D eigenvalue weighted by Gasteiger charge is -2.26. The van der Waals surface area contributed by atoms with Crippen molar-refractivity contribution in [1.82, 2.24) is 4.98 Å². The summed E-state index contributed by atoms with van der Waals surface area (Å²) in [6.45, 7) is 73.1. The molecular weight excluding hydrogens is 999 g/mol. The molecule has 82 heavy (non-hydrogen) atoms. The first kappa shape index (κ1) is 67.9. The molecule has 10 rings (SSSR count). The fourth-order valence-corrected chi connectivity index (χ4v) is 14.6. The molecule has 462 valence electrons. The number of ether oxygens (including phenoxy) is 3.